The normalized spacial score (nSPS) is 17.2. The summed E-state index contributed by atoms with van der Waals surface area (Å²) in [5, 5.41) is 1.49. The monoisotopic (exact) mass is 293 g/mol. The summed E-state index contributed by atoms with van der Waals surface area (Å²) in [6, 6.07) is 16.8. The van der Waals surface area contributed by atoms with Crippen molar-refractivity contribution in [1.29, 1.82) is 0 Å². The topological polar surface area (TPSA) is 29.0 Å². The van der Waals surface area contributed by atoms with E-state index in [2.05, 4.69) is 58.3 Å². The van der Waals surface area contributed by atoms with E-state index in [0.29, 0.717) is 5.37 Å². The van der Waals surface area contributed by atoms with Crippen LogP contribution in [0.4, 0.5) is 5.69 Å². The van der Waals surface area contributed by atoms with Crippen molar-refractivity contribution in [2.75, 3.05) is 11.9 Å². The molecule has 0 N–H and O–H groups in total. The number of thioether (sulfide) groups is 1. The standard InChI is InChI=1S/C17H15N3S/c1-20-14-6-2-3-7-15(14)21-16(20)11-13-9-8-12-5-4-10-18-17(12)19-13/h2-10,16H,11H2,1H3. The largest absolute Gasteiger partial charge is 0.361 e. The first-order valence-corrected chi connectivity index (χ1v) is 7.88. The van der Waals surface area contributed by atoms with Crippen molar-refractivity contribution in [2.24, 2.45) is 0 Å². The molecule has 3 nitrogen and oxygen atoms in total. The molecule has 0 bridgehead atoms. The first-order chi connectivity index (χ1) is 10.3. The number of likely N-dealkylation sites (N-methyl/N-ethyl adjacent to an activating group) is 1. The maximum absolute atomic E-state index is 4.68. The Labute approximate surface area is 128 Å². The summed E-state index contributed by atoms with van der Waals surface area (Å²) in [5.74, 6) is 0. The van der Waals surface area contributed by atoms with Crippen LogP contribution >= 0.6 is 11.8 Å². The molecule has 3 heterocycles. The molecule has 0 saturated carbocycles. The molecule has 0 spiro atoms. The quantitative estimate of drug-likeness (QED) is 0.720. The van der Waals surface area contributed by atoms with Crippen LogP contribution in [0.1, 0.15) is 5.69 Å². The van der Waals surface area contributed by atoms with Gasteiger partial charge in [0.15, 0.2) is 5.65 Å². The highest BCUT2D eigenvalue weighted by Gasteiger charge is 2.27. The molecule has 0 aliphatic carbocycles. The summed E-state index contributed by atoms with van der Waals surface area (Å²) in [7, 11) is 2.16. The highest BCUT2D eigenvalue weighted by molar-refractivity contribution is 8.00. The summed E-state index contributed by atoms with van der Waals surface area (Å²) in [6.45, 7) is 0. The van der Waals surface area contributed by atoms with E-state index in [1.54, 1.807) is 6.20 Å². The number of anilines is 1. The third-order valence-corrected chi connectivity index (χ3v) is 5.20. The number of aromatic nitrogens is 2. The van der Waals surface area contributed by atoms with Crippen LogP contribution in [0.25, 0.3) is 11.0 Å². The minimum Gasteiger partial charge on any atom is -0.361 e. The van der Waals surface area contributed by atoms with Crippen LogP contribution in [-0.4, -0.2) is 22.4 Å². The maximum atomic E-state index is 4.68. The Morgan fingerprint density at radius 3 is 2.90 bits per heavy atom. The highest BCUT2D eigenvalue weighted by atomic mass is 32.2. The number of nitrogens with zero attached hydrogens (tertiary/aromatic N) is 3. The van der Waals surface area contributed by atoms with Gasteiger partial charge in [0.05, 0.1) is 11.1 Å². The van der Waals surface area contributed by atoms with Crippen LogP contribution in [0.5, 0.6) is 0 Å². The summed E-state index contributed by atoms with van der Waals surface area (Å²) in [4.78, 5) is 12.7. The van der Waals surface area contributed by atoms with Gasteiger partial charge in [0.1, 0.15) is 0 Å². The van der Waals surface area contributed by atoms with Crippen molar-refractivity contribution in [3.63, 3.8) is 0 Å². The van der Waals surface area contributed by atoms with Gasteiger partial charge >= 0.3 is 0 Å². The first kappa shape index (κ1) is 12.7. The van der Waals surface area contributed by atoms with Gasteiger partial charge in [0.2, 0.25) is 0 Å². The number of benzene rings is 1. The Hall–Kier alpha value is -2.07. The van der Waals surface area contributed by atoms with Crippen molar-refractivity contribution in [3.8, 4) is 0 Å². The maximum Gasteiger partial charge on any atom is 0.159 e. The van der Waals surface area contributed by atoms with Crippen LogP contribution < -0.4 is 4.90 Å². The Morgan fingerprint density at radius 1 is 1.10 bits per heavy atom. The molecule has 1 aliphatic heterocycles. The van der Waals surface area contributed by atoms with Gasteiger partial charge in [-0.25, -0.2) is 9.97 Å². The van der Waals surface area contributed by atoms with E-state index in [1.165, 1.54) is 10.6 Å². The van der Waals surface area contributed by atoms with Gasteiger partial charge in [0.25, 0.3) is 0 Å². The molecule has 4 rings (SSSR count). The zero-order valence-electron chi connectivity index (χ0n) is 11.7. The average molecular weight is 293 g/mol. The fraction of sp³-hybridized carbons (Fsp3) is 0.176. The number of para-hydroxylation sites is 1. The van der Waals surface area contributed by atoms with Crippen molar-refractivity contribution in [2.45, 2.75) is 16.7 Å². The van der Waals surface area contributed by atoms with Crippen molar-refractivity contribution < 1.29 is 0 Å². The van der Waals surface area contributed by atoms with Crippen molar-refractivity contribution in [1.82, 2.24) is 9.97 Å². The number of pyridine rings is 2. The average Bonchev–Trinajstić information content (AvgIpc) is 2.84. The molecule has 0 fully saturated rings. The molecule has 1 atom stereocenters. The molecule has 104 valence electrons. The molecular formula is C17H15N3S. The van der Waals surface area contributed by atoms with Crippen molar-refractivity contribution in [3.05, 3.63) is 60.4 Å². The summed E-state index contributed by atoms with van der Waals surface area (Å²) >= 11 is 1.91. The second-order valence-electron chi connectivity index (χ2n) is 5.21. The molecule has 1 aliphatic rings. The van der Waals surface area contributed by atoms with Crippen LogP contribution in [0.2, 0.25) is 0 Å². The second kappa shape index (κ2) is 5.04. The summed E-state index contributed by atoms with van der Waals surface area (Å²) in [5.41, 5.74) is 3.24. The van der Waals surface area contributed by atoms with Gasteiger partial charge in [-0.1, -0.05) is 23.9 Å². The van der Waals surface area contributed by atoms with E-state index < -0.39 is 0 Å². The van der Waals surface area contributed by atoms with Crippen LogP contribution in [0.3, 0.4) is 0 Å². The number of rotatable bonds is 2. The van der Waals surface area contributed by atoms with Gasteiger partial charge in [-0.05, 0) is 36.4 Å². The van der Waals surface area contributed by atoms with E-state index in [9.17, 15) is 0 Å². The van der Waals surface area contributed by atoms with Gasteiger partial charge < -0.3 is 4.90 Å². The lowest BCUT2D eigenvalue weighted by Gasteiger charge is -2.21. The number of fused-ring (bicyclic) bond motifs is 2. The molecule has 21 heavy (non-hydrogen) atoms. The molecule has 1 unspecified atom stereocenters. The van der Waals surface area contributed by atoms with Gasteiger partial charge in [-0.3, -0.25) is 0 Å². The third-order valence-electron chi connectivity index (χ3n) is 3.85. The lowest BCUT2D eigenvalue weighted by atomic mass is 10.2. The Bertz CT molecular complexity index is 803. The zero-order chi connectivity index (χ0) is 14.2. The van der Waals surface area contributed by atoms with E-state index in [0.717, 1.165) is 23.1 Å². The van der Waals surface area contributed by atoms with E-state index in [-0.39, 0.29) is 0 Å². The molecule has 4 heteroatoms. The van der Waals surface area contributed by atoms with Crippen LogP contribution in [-0.2, 0) is 6.42 Å². The predicted molar refractivity (Wildman–Crippen MR) is 87.7 cm³/mol. The lowest BCUT2D eigenvalue weighted by molar-refractivity contribution is 0.815. The third kappa shape index (κ3) is 2.25. The Balaban J connectivity index is 1.61. The highest BCUT2D eigenvalue weighted by Crippen LogP contribution is 2.43. The Kier molecular flexibility index (Phi) is 3.04. The minimum atomic E-state index is 0.399. The summed E-state index contributed by atoms with van der Waals surface area (Å²) in [6.07, 6.45) is 2.72. The van der Waals surface area contributed by atoms with Crippen LogP contribution in [0.15, 0.2) is 59.6 Å². The van der Waals surface area contributed by atoms with Crippen LogP contribution in [0, 0.1) is 0 Å². The lowest BCUT2D eigenvalue weighted by Crippen LogP contribution is -2.26. The van der Waals surface area contributed by atoms with Gasteiger partial charge in [-0.15, -0.1) is 0 Å². The summed E-state index contributed by atoms with van der Waals surface area (Å²) < 4.78 is 0. The minimum absolute atomic E-state index is 0.399. The Morgan fingerprint density at radius 2 is 2.00 bits per heavy atom. The molecule has 1 aromatic carbocycles. The zero-order valence-corrected chi connectivity index (χ0v) is 12.5. The number of hydrogen-bond donors (Lipinski definition) is 0. The SMILES string of the molecule is CN1c2ccccc2SC1Cc1ccc2cccnc2n1. The smallest absolute Gasteiger partial charge is 0.159 e. The molecule has 2 aromatic heterocycles. The second-order valence-corrected chi connectivity index (χ2v) is 6.43. The molecular weight excluding hydrogens is 278 g/mol. The molecule has 0 saturated heterocycles. The first-order valence-electron chi connectivity index (χ1n) is 7.00. The fourth-order valence-electron chi connectivity index (χ4n) is 2.69. The van der Waals surface area contributed by atoms with Crippen molar-refractivity contribution >= 4 is 28.5 Å². The van der Waals surface area contributed by atoms with Gasteiger partial charge in [0, 0.05) is 35.6 Å². The number of hydrogen-bond acceptors (Lipinski definition) is 4. The molecule has 0 radical (unpaired) electrons. The van der Waals surface area contributed by atoms with Gasteiger partial charge in [-0.2, -0.15) is 0 Å². The molecule has 3 aromatic rings. The van der Waals surface area contributed by atoms with E-state index in [4.69, 9.17) is 0 Å². The predicted octanol–water partition coefficient (Wildman–Crippen LogP) is 3.74. The van der Waals surface area contributed by atoms with E-state index in [1.807, 2.05) is 23.9 Å². The van der Waals surface area contributed by atoms with E-state index >= 15 is 0 Å². The molecule has 0 amide bonds. The fourth-order valence-corrected chi connectivity index (χ4v) is 4.00.